The van der Waals surface area contributed by atoms with Crippen LogP contribution in [0.1, 0.15) is 44.6 Å². The second-order valence-corrected chi connectivity index (χ2v) is 11.8. The first-order chi connectivity index (χ1) is 19.3. The molecule has 3 aromatic rings. The Morgan fingerprint density at radius 2 is 1.52 bits per heavy atom. The van der Waals surface area contributed by atoms with Gasteiger partial charge in [-0.1, -0.05) is 68.3 Å². The first-order valence-corrected chi connectivity index (χ1v) is 15.1. The minimum absolute atomic E-state index is 0.0329. The van der Waals surface area contributed by atoms with Crippen LogP contribution < -0.4 is 14.4 Å². The van der Waals surface area contributed by atoms with E-state index in [0.29, 0.717) is 17.9 Å². The quantitative estimate of drug-likeness (QED) is 0.343. The van der Waals surface area contributed by atoms with E-state index in [-0.39, 0.29) is 23.4 Å². The van der Waals surface area contributed by atoms with Crippen molar-refractivity contribution in [2.45, 2.75) is 62.6 Å². The highest BCUT2D eigenvalue weighted by molar-refractivity contribution is 7.92. The molecule has 0 spiro atoms. The molecule has 9 heteroatoms. The molecule has 0 saturated heterocycles. The first-order valence-electron chi connectivity index (χ1n) is 13.7. The number of para-hydroxylation sites is 1. The Hall–Kier alpha value is -3.85. The summed E-state index contributed by atoms with van der Waals surface area (Å²) in [5.74, 6) is -0.143. The molecule has 1 N–H and O–H groups in total. The molecule has 1 atom stereocenters. The Labute approximate surface area is 237 Å². The van der Waals surface area contributed by atoms with Crippen LogP contribution in [0.3, 0.4) is 0 Å². The van der Waals surface area contributed by atoms with Gasteiger partial charge in [0, 0.05) is 12.6 Å². The third kappa shape index (κ3) is 7.01. The molecule has 1 aliphatic carbocycles. The van der Waals surface area contributed by atoms with Crippen LogP contribution in [-0.2, 0) is 26.2 Å². The summed E-state index contributed by atoms with van der Waals surface area (Å²) in [4.78, 5) is 29.1. The summed E-state index contributed by atoms with van der Waals surface area (Å²) in [5, 5.41) is 3.13. The van der Waals surface area contributed by atoms with Crippen molar-refractivity contribution in [3.63, 3.8) is 0 Å². The number of methoxy groups -OCH3 is 1. The van der Waals surface area contributed by atoms with E-state index in [0.717, 1.165) is 35.6 Å². The van der Waals surface area contributed by atoms with Gasteiger partial charge in [-0.25, -0.2) is 8.42 Å². The molecule has 40 heavy (non-hydrogen) atoms. The molecule has 1 aliphatic rings. The fourth-order valence-corrected chi connectivity index (χ4v) is 6.48. The molecule has 0 radical (unpaired) electrons. The van der Waals surface area contributed by atoms with Crippen LogP contribution in [0.2, 0.25) is 0 Å². The third-order valence-corrected chi connectivity index (χ3v) is 9.04. The lowest BCUT2D eigenvalue weighted by Gasteiger charge is -2.33. The van der Waals surface area contributed by atoms with Gasteiger partial charge in [0.1, 0.15) is 18.3 Å². The van der Waals surface area contributed by atoms with Crippen LogP contribution in [-0.4, -0.2) is 50.9 Å². The van der Waals surface area contributed by atoms with Gasteiger partial charge in [-0.2, -0.15) is 0 Å². The predicted octanol–water partition coefficient (Wildman–Crippen LogP) is 4.76. The number of carbonyl (C=O) groups is 2. The van der Waals surface area contributed by atoms with Gasteiger partial charge in [-0.05, 0) is 61.2 Å². The Kier molecular flexibility index (Phi) is 9.82. The Morgan fingerprint density at radius 1 is 0.925 bits per heavy atom. The number of ether oxygens (including phenoxy) is 1. The lowest BCUT2D eigenvalue weighted by molar-refractivity contribution is -0.140. The van der Waals surface area contributed by atoms with Gasteiger partial charge in [0.05, 0.1) is 17.7 Å². The highest BCUT2D eigenvalue weighted by Crippen LogP contribution is 2.26. The summed E-state index contributed by atoms with van der Waals surface area (Å²) in [6, 6.07) is 23.4. The summed E-state index contributed by atoms with van der Waals surface area (Å²) < 4.78 is 34.1. The first kappa shape index (κ1) is 29.1. The smallest absolute Gasteiger partial charge is 0.264 e. The SMILES string of the molecule is CC[C@H](C(=O)NC1CCCC1)N(Cc1ccccc1)C(=O)CN(c1ccccc1)S(=O)(=O)c1ccc(OC)cc1. The largest absolute Gasteiger partial charge is 0.497 e. The van der Waals surface area contributed by atoms with Crippen LogP contribution in [0.4, 0.5) is 5.69 Å². The monoisotopic (exact) mass is 563 g/mol. The standard InChI is InChI=1S/C31H37N3O5S/c1-3-29(31(36)32-25-14-10-11-15-25)33(22-24-12-6-4-7-13-24)30(35)23-34(26-16-8-5-9-17-26)40(37,38)28-20-18-27(39-2)19-21-28/h4-9,12-13,16-21,25,29H,3,10-11,14-15,22-23H2,1-2H3,(H,32,36)/t29-/m1/s1. The number of sulfonamides is 1. The molecular weight excluding hydrogens is 526 g/mol. The Balaban J connectivity index is 1.68. The van der Waals surface area contributed by atoms with Crippen molar-refractivity contribution in [1.82, 2.24) is 10.2 Å². The zero-order valence-corrected chi connectivity index (χ0v) is 23.8. The van der Waals surface area contributed by atoms with Gasteiger partial charge in [0.15, 0.2) is 0 Å². The van der Waals surface area contributed by atoms with Gasteiger partial charge >= 0.3 is 0 Å². The molecule has 0 heterocycles. The Bertz CT molecular complexity index is 1360. The summed E-state index contributed by atoms with van der Waals surface area (Å²) in [6.07, 6.45) is 4.40. The van der Waals surface area contributed by atoms with E-state index < -0.39 is 28.5 Å². The molecule has 212 valence electrons. The highest BCUT2D eigenvalue weighted by Gasteiger charge is 2.34. The minimum atomic E-state index is -4.12. The molecule has 3 aromatic carbocycles. The van der Waals surface area contributed by atoms with Gasteiger partial charge in [0.2, 0.25) is 11.8 Å². The van der Waals surface area contributed by atoms with Crippen molar-refractivity contribution in [2.75, 3.05) is 18.0 Å². The van der Waals surface area contributed by atoms with Gasteiger partial charge in [0.25, 0.3) is 10.0 Å². The summed E-state index contributed by atoms with van der Waals surface area (Å²) >= 11 is 0. The van der Waals surface area contributed by atoms with Crippen LogP contribution in [0.15, 0.2) is 89.8 Å². The van der Waals surface area contributed by atoms with Crippen molar-refractivity contribution in [2.24, 2.45) is 0 Å². The normalized spacial score (nSPS) is 14.3. The fourth-order valence-electron chi connectivity index (χ4n) is 5.07. The Morgan fingerprint density at radius 3 is 2.10 bits per heavy atom. The second kappa shape index (κ2) is 13.5. The van der Waals surface area contributed by atoms with Crippen molar-refractivity contribution < 1.29 is 22.7 Å². The molecule has 0 unspecified atom stereocenters. The number of hydrogen-bond donors (Lipinski definition) is 1. The lowest BCUT2D eigenvalue weighted by Crippen LogP contribution is -2.53. The summed E-state index contributed by atoms with van der Waals surface area (Å²) in [7, 11) is -2.62. The molecule has 0 bridgehead atoms. The number of nitrogens with one attached hydrogen (secondary N) is 1. The van der Waals surface area contributed by atoms with E-state index in [9.17, 15) is 18.0 Å². The van der Waals surface area contributed by atoms with E-state index >= 15 is 0 Å². The maximum atomic E-state index is 14.1. The van der Waals surface area contributed by atoms with Gasteiger partial charge in [-0.3, -0.25) is 13.9 Å². The van der Waals surface area contributed by atoms with Gasteiger partial charge in [-0.15, -0.1) is 0 Å². The molecule has 1 fully saturated rings. The number of rotatable bonds is 12. The molecule has 4 rings (SSSR count). The summed E-state index contributed by atoms with van der Waals surface area (Å²) in [5.41, 5.74) is 1.21. The average Bonchev–Trinajstić information content (AvgIpc) is 3.49. The zero-order valence-electron chi connectivity index (χ0n) is 23.0. The number of hydrogen-bond acceptors (Lipinski definition) is 5. The molecule has 1 saturated carbocycles. The zero-order chi connectivity index (χ0) is 28.5. The number of nitrogens with zero attached hydrogens (tertiary/aromatic N) is 2. The number of carbonyl (C=O) groups excluding carboxylic acids is 2. The molecule has 8 nitrogen and oxygen atoms in total. The maximum absolute atomic E-state index is 14.1. The van der Waals surface area contributed by atoms with Crippen LogP contribution in [0.5, 0.6) is 5.75 Å². The van der Waals surface area contributed by atoms with Crippen LogP contribution in [0.25, 0.3) is 0 Å². The number of benzene rings is 3. The molecular formula is C31H37N3O5S. The van der Waals surface area contributed by atoms with Crippen molar-refractivity contribution in [1.29, 1.82) is 0 Å². The molecule has 0 aliphatic heterocycles. The summed E-state index contributed by atoms with van der Waals surface area (Å²) in [6.45, 7) is 1.59. The van der Waals surface area contributed by atoms with Crippen molar-refractivity contribution >= 4 is 27.5 Å². The average molecular weight is 564 g/mol. The predicted molar refractivity (Wildman–Crippen MR) is 155 cm³/mol. The third-order valence-electron chi connectivity index (χ3n) is 7.25. The molecule has 0 aromatic heterocycles. The van der Waals surface area contributed by atoms with E-state index in [1.165, 1.54) is 24.1 Å². The van der Waals surface area contributed by atoms with Crippen LogP contribution in [0, 0.1) is 0 Å². The maximum Gasteiger partial charge on any atom is 0.264 e. The molecule has 2 amide bonds. The number of amides is 2. The topological polar surface area (TPSA) is 96.0 Å². The second-order valence-electron chi connectivity index (χ2n) is 9.94. The minimum Gasteiger partial charge on any atom is -0.497 e. The van der Waals surface area contributed by atoms with E-state index in [1.807, 2.05) is 37.3 Å². The number of anilines is 1. The highest BCUT2D eigenvalue weighted by atomic mass is 32.2. The van der Waals surface area contributed by atoms with Crippen molar-refractivity contribution in [3.8, 4) is 5.75 Å². The van der Waals surface area contributed by atoms with E-state index in [1.54, 1.807) is 42.5 Å². The van der Waals surface area contributed by atoms with Gasteiger partial charge < -0.3 is 15.0 Å². The fraction of sp³-hybridized carbons (Fsp3) is 0.355. The van der Waals surface area contributed by atoms with E-state index in [2.05, 4.69) is 5.32 Å². The van der Waals surface area contributed by atoms with Crippen molar-refractivity contribution in [3.05, 3.63) is 90.5 Å². The van der Waals surface area contributed by atoms with E-state index in [4.69, 9.17) is 4.74 Å². The van der Waals surface area contributed by atoms with Crippen LogP contribution >= 0.6 is 0 Å². The lowest BCUT2D eigenvalue weighted by atomic mass is 10.1.